The van der Waals surface area contributed by atoms with Crippen molar-refractivity contribution >= 4 is 11.7 Å². The van der Waals surface area contributed by atoms with Gasteiger partial charge in [-0.05, 0) is 18.2 Å². The molecule has 6 nitrogen and oxygen atoms in total. The molecule has 1 aliphatic rings. The van der Waals surface area contributed by atoms with E-state index in [1.165, 1.54) is 23.2 Å². The maximum Gasteiger partial charge on any atom is 0.322 e. The zero-order chi connectivity index (χ0) is 17.1. The highest BCUT2D eigenvalue weighted by molar-refractivity contribution is 5.90. The summed E-state index contributed by atoms with van der Waals surface area (Å²) in [5.74, 6) is -1.39. The molecule has 24 heavy (non-hydrogen) atoms. The molecule has 1 N–H and O–H groups in total. The fraction of sp³-hybridized carbons (Fsp3) is 0.188. The van der Waals surface area contributed by atoms with Gasteiger partial charge in [0, 0.05) is 12.3 Å². The van der Waals surface area contributed by atoms with Gasteiger partial charge in [-0.2, -0.15) is 5.26 Å². The second-order valence-electron chi connectivity index (χ2n) is 5.17. The number of aromatic nitrogens is 1. The summed E-state index contributed by atoms with van der Waals surface area (Å²) in [6.07, 6.45) is 1.17. The number of pyridine rings is 1. The van der Waals surface area contributed by atoms with E-state index in [0.717, 1.165) is 12.1 Å². The standard InChI is InChI=1S/C16H12F2N4O2/c17-12-2-1-3-13(18)15(12)21-16(23)22-8-11(9-22)24-14-6-10(7-19)4-5-20-14/h1-6,11H,8-9H2,(H,21,23). The van der Waals surface area contributed by atoms with Crippen LogP contribution in [0.1, 0.15) is 5.56 Å². The Balaban J connectivity index is 1.54. The Kier molecular flexibility index (Phi) is 4.24. The first-order valence-corrected chi connectivity index (χ1v) is 7.09. The number of nitrogens with zero attached hydrogens (tertiary/aromatic N) is 3. The third-order valence-corrected chi connectivity index (χ3v) is 3.48. The number of amides is 2. The molecule has 1 saturated heterocycles. The average molecular weight is 330 g/mol. The van der Waals surface area contributed by atoms with E-state index in [9.17, 15) is 13.6 Å². The molecule has 0 spiro atoms. The number of carbonyl (C=O) groups is 1. The monoisotopic (exact) mass is 330 g/mol. The smallest absolute Gasteiger partial charge is 0.322 e. The van der Waals surface area contributed by atoms with Crippen molar-refractivity contribution in [2.45, 2.75) is 6.10 Å². The molecule has 0 bridgehead atoms. The van der Waals surface area contributed by atoms with Crippen molar-refractivity contribution in [3.8, 4) is 11.9 Å². The number of para-hydroxylation sites is 1. The molecule has 0 saturated carbocycles. The van der Waals surface area contributed by atoms with Crippen LogP contribution in [0.2, 0.25) is 0 Å². The number of hydrogen-bond acceptors (Lipinski definition) is 4. The lowest BCUT2D eigenvalue weighted by Gasteiger charge is -2.38. The Morgan fingerprint density at radius 2 is 2.04 bits per heavy atom. The second kappa shape index (κ2) is 6.50. The van der Waals surface area contributed by atoms with Gasteiger partial charge >= 0.3 is 6.03 Å². The molecule has 0 unspecified atom stereocenters. The number of hydrogen-bond donors (Lipinski definition) is 1. The van der Waals surface area contributed by atoms with Crippen molar-refractivity contribution in [3.63, 3.8) is 0 Å². The first-order valence-electron chi connectivity index (χ1n) is 7.09. The van der Waals surface area contributed by atoms with E-state index in [1.54, 1.807) is 6.07 Å². The number of halogens is 2. The van der Waals surface area contributed by atoms with Crippen molar-refractivity contribution in [1.82, 2.24) is 9.88 Å². The highest BCUT2D eigenvalue weighted by atomic mass is 19.1. The number of anilines is 1. The maximum absolute atomic E-state index is 13.5. The molecule has 0 atom stereocenters. The molecule has 2 amide bonds. The summed E-state index contributed by atoms with van der Waals surface area (Å²) >= 11 is 0. The van der Waals surface area contributed by atoms with Gasteiger partial charge in [0.25, 0.3) is 0 Å². The minimum Gasteiger partial charge on any atom is -0.471 e. The quantitative estimate of drug-likeness (QED) is 0.938. The third-order valence-electron chi connectivity index (χ3n) is 3.48. The lowest BCUT2D eigenvalue weighted by Crippen LogP contribution is -2.57. The zero-order valence-electron chi connectivity index (χ0n) is 12.4. The first-order chi connectivity index (χ1) is 11.6. The van der Waals surface area contributed by atoms with E-state index in [1.807, 2.05) is 6.07 Å². The Morgan fingerprint density at radius 1 is 1.33 bits per heavy atom. The first kappa shape index (κ1) is 15.7. The predicted molar refractivity (Wildman–Crippen MR) is 80.3 cm³/mol. The minimum absolute atomic E-state index is 0.250. The number of benzene rings is 1. The summed E-state index contributed by atoms with van der Waals surface area (Å²) in [6, 6.07) is 7.76. The van der Waals surface area contributed by atoms with Crippen molar-refractivity contribution in [1.29, 1.82) is 5.26 Å². The number of urea groups is 1. The summed E-state index contributed by atoms with van der Waals surface area (Å²) in [6.45, 7) is 0.501. The Morgan fingerprint density at radius 3 is 2.71 bits per heavy atom. The molecule has 122 valence electrons. The molecule has 2 aromatic rings. The molecule has 1 aliphatic heterocycles. The topological polar surface area (TPSA) is 78.2 Å². The average Bonchev–Trinajstić information content (AvgIpc) is 2.54. The molecule has 1 fully saturated rings. The van der Waals surface area contributed by atoms with Gasteiger partial charge in [0.15, 0.2) is 0 Å². The largest absolute Gasteiger partial charge is 0.471 e. The fourth-order valence-corrected chi connectivity index (χ4v) is 2.20. The summed E-state index contributed by atoms with van der Waals surface area (Å²) in [5.41, 5.74) is -0.0563. The normalized spacial score (nSPS) is 13.8. The van der Waals surface area contributed by atoms with Gasteiger partial charge in [-0.1, -0.05) is 6.07 Å². The summed E-state index contributed by atoms with van der Waals surface area (Å²) in [7, 11) is 0. The molecule has 8 heteroatoms. The molecule has 0 aliphatic carbocycles. The summed E-state index contributed by atoms with van der Waals surface area (Å²) in [5, 5.41) is 11.0. The maximum atomic E-state index is 13.5. The number of carbonyl (C=O) groups excluding carboxylic acids is 1. The van der Waals surface area contributed by atoms with Crippen molar-refractivity contribution in [2.24, 2.45) is 0 Å². The van der Waals surface area contributed by atoms with Crippen LogP contribution >= 0.6 is 0 Å². The Bertz CT molecular complexity index is 796. The molecule has 2 heterocycles. The molecule has 1 aromatic carbocycles. The predicted octanol–water partition coefficient (Wildman–Crippen LogP) is 2.53. The van der Waals surface area contributed by atoms with Crippen LogP contribution in [-0.2, 0) is 0 Å². The highest BCUT2D eigenvalue weighted by Crippen LogP contribution is 2.21. The fourth-order valence-electron chi connectivity index (χ4n) is 2.20. The van der Waals surface area contributed by atoms with Crippen LogP contribution in [0.15, 0.2) is 36.5 Å². The van der Waals surface area contributed by atoms with E-state index in [4.69, 9.17) is 10.00 Å². The zero-order valence-corrected chi connectivity index (χ0v) is 12.4. The number of rotatable bonds is 3. The molecule has 3 rings (SSSR count). The minimum atomic E-state index is -0.839. The number of nitrogens with one attached hydrogen (secondary N) is 1. The van der Waals surface area contributed by atoms with E-state index in [0.29, 0.717) is 11.4 Å². The van der Waals surface area contributed by atoms with Crippen molar-refractivity contribution < 1.29 is 18.3 Å². The SMILES string of the molecule is N#Cc1ccnc(OC2CN(C(=O)Nc3c(F)cccc3F)C2)c1. The lowest BCUT2D eigenvalue weighted by molar-refractivity contribution is 0.0460. The van der Waals surface area contributed by atoms with Crippen LogP contribution in [-0.4, -0.2) is 35.1 Å². The van der Waals surface area contributed by atoms with Gasteiger partial charge in [-0.3, -0.25) is 0 Å². The summed E-state index contributed by atoms with van der Waals surface area (Å²) in [4.78, 5) is 17.3. The number of likely N-dealkylation sites (tertiary alicyclic amines) is 1. The van der Waals surface area contributed by atoms with Crippen LogP contribution < -0.4 is 10.1 Å². The molecule has 1 aromatic heterocycles. The number of nitriles is 1. The van der Waals surface area contributed by atoms with Gasteiger partial charge in [-0.15, -0.1) is 0 Å². The third kappa shape index (κ3) is 3.25. The van der Waals surface area contributed by atoms with Crippen LogP contribution in [0.4, 0.5) is 19.3 Å². The van der Waals surface area contributed by atoms with Gasteiger partial charge < -0.3 is 15.0 Å². The Labute approximate surface area is 136 Å². The number of ether oxygens (including phenoxy) is 1. The van der Waals surface area contributed by atoms with Crippen LogP contribution in [0, 0.1) is 23.0 Å². The van der Waals surface area contributed by atoms with Gasteiger partial charge in [0.2, 0.25) is 5.88 Å². The van der Waals surface area contributed by atoms with Crippen LogP contribution in [0.25, 0.3) is 0 Å². The van der Waals surface area contributed by atoms with Crippen molar-refractivity contribution in [3.05, 3.63) is 53.7 Å². The van der Waals surface area contributed by atoms with E-state index in [-0.39, 0.29) is 19.2 Å². The molecule has 0 radical (unpaired) electrons. The molecular formula is C16H12F2N4O2. The highest BCUT2D eigenvalue weighted by Gasteiger charge is 2.33. The van der Waals surface area contributed by atoms with Gasteiger partial charge in [0.05, 0.1) is 24.7 Å². The summed E-state index contributed by atoms with van der Waals surface area (Å²) < 4.78 is 32.5. The lowest BCUT2D eigenvalue weighted by atomic mass is 10.2. The van der Waals surface area contributed by atoms with Crippen LogP contribution in [0.3, 0.4) is 0 Å². The van der Waals surface area contributed by atoms with Gasteiger partial charge in [0.1, 0.15) is 23.4 Å². The Hall–Kier alpha value is -3.21. The van der Waals surface area contributed by atoms with E-state index in [2.05, 4.69) is 10.3 Å². The second-order valence-corrected chi connectivity index (χ2v) is 5.17. The van der Waals surface area contributed by atoms with Crippen molar-refractivity contribution in [2.75, 3.05) is 18.4 Å². The van der Waals surface area contributed by atoms with E-state index >= 15 is 0 Å². The van der Waals surface area contributed by atoms with Crippen LogP contribution in [0.5, 0.6) is 5.88 Å². The van der Waals surface area contributed by atoms with Gasteiger partial charge in [-0.25, -0.2) is 18.6 Å². The molecular weight excluding hydrogens is 318 g/mol. The van der Waals surface area contributed by atoms with E-state index < -0.39 is 23.4 Å².